The van der Waals surface area contributed by atoms with Gasteiger partial charge in [0.1, 0.15) is 0 Å². The Morgan fingerprint density at radius 3 is 2.43 bits per heavy atom. The Morgan fingerprint density at radius 2 is 1.81 bits per heavy atom. The first-order valence-corrected chi connectivity index (χ1v) is 8.85. The van der Waals surface area contributed by atoms with E-state index in [9.17, 15) is 13.2 Å². The summed E-state index contributed by atoms with van der Waals surface area (Å²) in [7, 11) is -3.20. The molecule has 2 amide bonds. The van der Waals surface area contributed by atoms with Gasteiger partial charge in [-0.25, -0.2) is 17.5 Å². The van der Waals surface area contributed by atoms with E-state index < -0.39 is 10.0 Å². The van der Waals surface area contributed by atoms with Crippen LogP contribution in [-0.4, -0.2) is 56.1 Å². The maximum atomic E-state index is 12.2. The average Bonchev–Trinajstić information content (AvgIpc) is 2.67. The normalized spacial score (nSPS) is 17.3. The molecule has 0 bridgehead atoms. The molecule has 1 heterocycles. The Balaban J connectivity index is 1.95. The molecule has 1 aliphatic heterocycles. The zero-order chi connectivity index (χ0) is 15.5. The van der Waals surface area contributed by atoms with Crippen LogP contribution in [0.25, 0.3) is 0 Å². The molecular formula is C13H18ClN3O3S. The molecular weight excluding hydrogens is 314 g/mol. The van der Waals surface area contributed by atoms with Crippen LogP contribution in [0.3, 0.4) is 0 Å². The SMILES string of the molecule is CS(=O)(=O)N1CCCN(C(=O)Nc2ccc(Cl)cc2)CC1. The molecule has 1 N–H and O–H groups in total. The first-order valence-electron chi connectivity index (χ1n) is 6.63. The Morgan fingerprint density at radius 1 is 1.14 bits per heavy atom. The molecule has 0 aromatic heterocycles. The summed E-state index contributed by atoms with van der Waals surface area (Å²) in [6.45, 7) is 1.69. The number of carbonyl (C=O) groups is 1. The number of hydrogen-bond acceptors (Lipinski definition) is 3. The topological polar surface area (TPSA) is 69.7 Å². The Kier molecular flexibility index (Phi) is 5.08. The van der Waals surface area contributed by atoms with Gasteiger partial charge >= 0.3 is 6.03 Å². The second kappa shape index (κ2) is 6.64. The first-order chi connectivity index (χ1) is 9.86. The molecule has 2 rings (SSSR count). The molecule has 0 saturated carbocycles. The van der Waals surface area contributed by atoms with E-state index in [0.29, 0.717) is 43.3 Å². The molecule has 0 spiro atoms. The number of halogens is 1. The fourth-order valence-electron chi connectivity index (χ4n) is 2.16. The van der Waals surface area contributed by atoms with Gasteiger partial charge in [-0.15, -0.1) is 0 Å². The number of carbonyl (C=O) groups excluding carboxylic acids is 1. The van der Waals surface area contributed by atoms with Crippen molar-refractivity contribution < 1.29 is 13.2 Å². The van der Waals surface area contributed by atoms with Crippen LogP contribution in [0.15, 0.2) is 24.3 Å². The standard InChI is InChI=1S/C13H18ClN3O3S/c1-21(19,20)17-8-2-7-16(9-10-17)13(18)15-12-5-3-11(14)4-6-12/h3-6H,2,7-10H2,1H3,(H,15,18). The average molecular weight is 332 g/mol. The third-order valence-electron chi connectivity index (χ3n) is 3.31. The van der Waals surface area contributed by atoms with Crippen LogP contribution in [-0.2, 0) is 10.0 Å². The number of amides is 2. The second-order valence-electron chi connectivity index (χ2n) is 4.94. The lowest BCUT2D eigenvalue weighted by Gasteiger charge is -2.21. The number of rotatable bonds is 2. The van der Waals surface area contributed by atoms with Crippen molar-refractivity contribution in [2.24, 2.45) is 0 Å². The Hall–Kier alpha value is -1.31. The summed E-state index contributed by atoms with van der Waals surface area (Å²) in [4.78, 5) is 13.8. The highest BCUT2D eigenvalue weighted by atomic mass is 35.5. The molecule has 1 aliphatic rings. The Bertz CT molecular complexity index is 604. The van der Waals surface area contributed by atoms with Crippen LogP contribution >= 0.6 is 11.6 Å². The summed E-state index contributed by atoms with van der Waals surface area (Å²) in [5.74, 6) is 0. The van der Waals surface area contributed by atoms with Crippen LogP contribution in [0, 0.1) is 0 Å². The van der Waals surface area contributed by atoms with Gasteiger partial charge < -0.3 is 10.2 Å². The van der Waals surface area contributed by atoms with Crippen molar-refractivity contribution >= 4 is 33.3 Å². The van der Waals surface area contributed by atoms with Crippen molar-refractivity contribution in [3.05, 3.63) is 29.3 Å². The van der Waals surface area contributed by atoms with Crippen molar-refractivity contribution in [2.45, 2.75) is 6.42 Å². The predicted molar refractivity (Wildman–Crippen MR) is 83.1 cm³/mol. The molecule has 0 atom stereocenters. The lowest BCUT2D eigenvalue weighted by atomic mass is 10.3. The molecule has 0 unspecified atom stereocenters. The molecule has 116 valence electrons. The third-order valence-corrected chi connectivity index (χ3v) is 4.86. The van der Waals surface area contributed by atoms with E-state index in [1.54, 1.807) is 29.2 Å². The van der Waals surface area contributed by atoms with E-state index in [2.05, 4.69) is 5.32 Å². The molecule has 6 nitrogen and oxygen atoms in total. The van der Waals surface area contributed by atoms with Crippen LogP contribution in [0.4, 0.5) is 10.5 Å². The number of hydrogen-bond donors (Lipinski definition) is 1. The van der Waals surface area contributed by atoms with E-state index in [1.165, 1.54) is 10.6 Å². The number of nitrogens with one attached hydrogen (secondary N) is 1. The third kappa shape index (κ3) is 4.59. The highest BCUT2D eigenvalue weighted by Gasteiger charge is 2.23. The minimum Gasteiger partial charge on any atom is -0.323 e. The monoisotopic (exact) mass is 331 g/mol. The first kappa shape index (κ1) is 16.1. The summed E-state index contributed by atoms with van der Waals surface area (Å²) < 4.78 is 24.5. The van der Waals surface area contributed by atoms with E-state index in [-0.39, 0.29) is 6.03 Å². The van der Waals surface area contributed by atoms with Gasteiger partial charge in [-0.05, 0) is 30.7 Å². The van der Waals surface area contributed by atoms with E-state index in [1.807, 2.05) is 0 Å². The molecule has 21 heavy (non-hydrogen) atoms. The van der Waals surface area contributed by atoms with Gasteiger partial charge in [-0.1, -0.05) is 11.6 Å². The van der Waals surface area contributed by atoms with Gasteiger partial charge in [0.15, 0.2) is 0 Å². The largest absolute Gasteiger partial charge is 0.323 e. The number of nitrogens with zero attached hydrogens (tertiary/aromatic N) is 2. The van der Waals surface area contributed by atoms with Crippen LogP contribution < -0.4 is 5.32 Å². The van der Waals surface area contributed by atoms with Gasteiger partial charge in [0, 0.05) is 36.9 Å². The predicted octanol–water partition coefficient (Wildman–Crippen LogP) is 1.84. The van der Waals surface area contributed by atoms with Crippen molar-refractivity contribution in [1.29, 1.82) is 0 Å². The summed E-state index contributed by atoms with van der Waals surface area (Å²) in [5.41, 5.74) is 0.661. The highest BCUT2D eigenvalue weighted by Crippen LogP contribution is 2.14. The molecule has 1 fully saturated rings. The number of sulfonamides is 1. The number of anilines is 1. The van der Waals surface area contributed by atoms with Gasteiger partial charge in [0.05, 0.1) is 6.26 Å². The quantitative estimate of drug-likeness (QED) is 0.899. The van der Waals surface area contributed by atoms with E-state index in [0.717, 1.165) is 0 Å². The molecule has 1 saturated heterocycles. The molecule has 8 heteroatoms. The Labute approximate surface area is 129 Å². The van der Waals surface area contributed by atoms with Crippen LogP contribution in [0.1, 0.15) is 6.42 Å². The summed E-state index contributed by atoms with van der Waals surface area (Å²) in [6, 6.07) is 6.62. The molecule has 1 aromatic rings. The maximum absolute atomic E-state index is 12.2. The number of benzene rings is 1. The second-order valence-corrected chi connectivity index (χ2v) is 7.36. The van der Waals surface area contributed by atoms with Crippen molar-refractivity contribution in [1.82, 2.24) is 9.21 Å². The summed E-state index contributed by atoms with van der Waals surface area (Å²) >= 11 is 5.79. The zero-order valence-electron chi connectivity index (χ0n) is 11.8. The molecule has 0 radical (unpaired) electrons. The van der Waals surface area contributed by atoms with Crippen molar-refractivity contribution in [3.63, 3.8) is 0 Å². The summed E-state index contributed by atoms with van der Waals surface area (Å²) in [6.07, 6.45) is 1.82. The van der Waals surface area contributed by atoms with Gasteiger partial charge in [-0.3, -0.25) is 0 Å². The van der Waals surface area contributed by atoms with Crippen LogP contribution in [0.5, 0.6) is 0 Å². The highest BCUT2D eigenvalue weighted by molar-refractivity contribution is 7.88. The summed E-state index contributed by atoms with van der Waals surface area (Å²) in [5, 5.41) is 3.38. The van der Waals surface area contributed by atoms with E-state index in [4.69, 9.17) is 11.6 Å². The smallest absolute Gasteiger partial charge is 0.321 e. The maximum Gasteiger partial charge on any atom is 0.321 e. The van der Waals surface area contributed by atoms with E-state index >= 15 is 0 Å². The van der Waals surface area contributed by atoms with Gasteiger partial charge in [-0.2, -0.15) is 0 Å². The van der Waals surface area contributed by atoms with Gasteiger partial charge in [0.2, 0.25) is 10.0 Å². The fraction of sp³-hybridized carbons (Fsp3) is 0.462. The van der Waals surface area contributed by atoms with Gasteiger partial charge in [0.25, 0.3) is 0 Å². The van der Waals surface area contributed by atoms with Crippen molar-refractivity contribution in [3.8, 4) is 0 Å². The minimum atomic E-state index is -3.20. The lowest BCUT2D eigenvalue weighted by molar-refractivity contribution is 0.214. The number of urea groups is 1. The van der Waals surface area contributed by atoms with Crippen molar-refractivity contribution in [2.75, 3.05) is 37.8 Å². The lowest BCUT2D eigenvalue weighted by Crippen LogP contribution is -2.39. The fourth-order valence-corrected chi connectivity index (χ4v) is 3.16. The molecule has 1 aromatic carbocycles. The molecule has 0 aliphatic carbocycles. The van der Waals surface area contributed by atoms with Crippen LogP contribution in [0.2, 0.25) is 5.02 Å². The zero-order valence-corrected chi connectivity index (χ0v) is 13.3. The minimum absolute atomic E-state index is 0.229.